The number of anilines is 1. The zero-order valence-electron chi connectivity index (χ0n) is 10.6. The maximum atomic E-state index is 13.5. The molecule has 0 saturated heterocycles. The number of halogens is 2. The number of carbonyl (C=O) groups excluding carboxylic acids is 1. The second-order valence-corrected chi connectivity index (χ2v) is 4.72. The van der Waals surface area contributed by atoms with Crippen molar-refractivity contribution in [1.29, 1.82) is 0 Å². The van der Waals surface area contributed by atoms with Gasteiger partial charge >= 0.3 is 12.1 Å². The average Bonchev–Trinajstić information content (AvgIpc) is 2.21. The SMILES string of the molecule is CC(C)(C)OC(=O)Nc1c(C(=O)O)ccc(F)c1F. The molecule has 2 N–H and O–H groups in total. The number of carboxylic acid groups (broad SMARTS) is 1. The molecular formula is C12H13F2NO4. The number of aromatic carboxylic acids is 1. The largest absolute Gasteiger partial charge is 0.478 e. The van der Waals surface area contributed by atoms with Crippen molar-refractivity contribution in [3.8, 4) is 0 Å². The van der Waals surface area contributed by atoms with Crippen molar-refractivity contribution in [2.24, 2.45) is 0 Å². The first kappa shape index (κ1) is 14.9. The lowest BCUT2D eigenvalue weighted by Gasteiger charge is -2.20. The molecule has 0 fully saturated rings. The van der Waals surface area contributed by atoms with Crippen LogP contribution < -0.4 is 5.32 Å². The minimum Gasteiger partial charge on any atom is -0.478 e. The van der Waals surface area contributed by atoms with Gasteiger partial charge in [0.1, 0.15) is 5.60 Å². The van der Waals surface area contributed by atoms with Gasteiger partial charge in [0, 0.05) is 0 Å². The fourth-order valence-electron chi connectivity index (χ4n) is 1.26. The molecule has 19 heavy (non-hydrogen) atoms. The molecule has 0 aliphatic rings. The first-order chi connectivity index (χ1) is 8.61. The van der Waals surface area contributed by atoms with E-state index in [2.05, 4.69) is 0 Å². The van der Waals surface area contributed by atoms with Gasteiger partial charge in [0.15, 0.2) is 11.6 Å². The van der Waals surface area contributed by atoms with Crippen molar-refractivity contribution in [3.05, 3.63) is 29.3 Å². The van der Waals surface area contributed by atoms with Gasteiger partial charge in [0.25, 0.3) is 0 Å². The first-order valence-corrected chi connectivity index (χ1v) is 5.33. The Hall–Kier alpha value is -2.18. The molecule has 5 nitrogen and oxygen atoms in total. The van der Waals surface area contributed by atoms with Crippen molar-refractivity contribution in [1.82, 2.24) is 0 Å². The summed E-state index contributed by atoms with van der Waals surface area (Å²) in [6.45, 7) is 4.73. The number of nitrogens with one attached hydrogen (secondary N) is 1. The molecule has 0 saturated carbocycles. The highest BCUT2D eigenvalue weighted by molar-refractivity contribution is 5.98. The van der Waals surface area contributed by atoms with E-state index in [1.54, 1.807) is 20.8 Å². The summed E-state index contributed by atoms with van der Waals surface area (Å²) in [7, 11) is 0. The molecule has 104 valence electrons. The van der Waals surface area contributed by atoms with Crippen LogP contribution in [0.4, 0.5) is 19.3 Å². The first-order valence-electron chi connectivity index (χ1n) is 5.33. The van der Waals surface area contributed by atoms with Crippen molar-refractivity contribution in [2.45, 2.75) is 26.4 Å². The van der Waals surface area contributed by atoms with Crippen LogP contribution in [-0.4, -0.2) is 22.8 Å². The summed E-state index contributed by atoms with van der Waals surface area (Å²) in [5, 5.41) is 10.7. The molecule has 0 spiro atoms. The number of hydrogen-bond donors (Lipinski definition) is 2. The molecule has 1 aromatic rings. The van der Waals surface area contributed by atoms with Gasteiger partial charge < -0.3 is 9.84 Å². The van der Waals surface area contributed by atoms with Crippen molar-refractivity contribution in [2.75, 3.05) is 5.32 Å². The molecule has 1 rings (SSSR count). The van der Waals surface area contributed by atoms with E-state index < -0.39 is 40.5 Å². The molecule has 1 aromatic carbocycles. The third-order valence-electron chi connectivity index (χ3n) is 1.95. The quantitative estimate of drug-likeness (QED) is 0.868. The van der Waals surface area contributed by atoms with Crippen LogP contribution in [0.2, 0.25) is 0 Å². The minimum absolute atomic E-state index is 0.565. The molecule has 0 atom stereocenters. The van der Waals surface area contributed by atoms with E-state index in [0.29, 0.717) is 6.07 Å². The van der Waals surface area contributed by atoms with E-state index in [9.17, 15) is 18.4 Å². The van der Waals surface area contributed by atoms with Crippen LogP contribution in [0.1, 0.15) is 31.1 Å². The van der Waals surface area contributed by atoms with Gasteiger partial charge in [-0.1, -0.05) is 0 Å². The van der Waals surface area contributed by atoms with E-state index >= 15 is 0 Å². The molecule has 0 radical (unpaired) electrons. The van der Waals surface area contributed by atoms with Crippen LogP contribution in [0.5, 0.6) is 0 Å². The summed E-state index contributed by atoms with van der Waals surface area (Å²) >= 11 is 0. The zero-order valence-corrected chi connectivity index (χ0v) is 10.6. The predicted molar refractivity (Wildman–Crippen MR) is 63.2 cm³/mol. The Morgan fingerprint density at radius 3 is 2.32 bits per heavy atom. The zero-order chi connectivity index (χ0) is 14.8. The Bertz CT molecular complexity index is 523. The Morgan fingerprint density at radius 2 is 1.84 bits per heavy atom. The molecule has 0 unspecified atom stereocenters. The normalized spacial score (nSPS) is 11.0. The van der Waals surface area contributed by atoms with Gasteiger partial charge in [-0.15, -0.1) is 0 Å². The number of hydrogen-bond acceptors (Lipinski definition) is 3. The second-order valence-electron chi connectivity index (χ2n) is 4.72. The Labute approximate surface area is 108 Å². The predicted octanol–water partition coefficient (Wildman–Crippen LogP) is 3.01. The lowest BCUT2D eigenvalue weighted by Crippen LogP contribution is -2.28. The molecule has 7 heteroatoms. The van der Waals surface area contributed by atoms with Gasteiger partial charge in [0.2, 0.25) is 0 Å². The summed E-state index contributed by atoms with van der Waals surface area (Å²) in [4.78, 5) is 22.3. The fourth-order valence-corrected chi connectivity index (χ4v) is 1.26. The van der Waals surface area contributed by atoms with Gasteiger partial charge in [-0.3, -0.25) is 5.32 Å². The number of rotatable bonds is 2. The smallest absolute Gasteiger partial charge is 0.412 e. The van der Waals surface area contributed by atoms with Crippen molar-refractivity contribution in [3.63, 3.8) is 0 Å². The third-order valence-corrected chi connectivity index (χ3v) is 1.95. The summed E-state index contributed by atoms with van der Waals surface area (Å²) in [6, 6.07) is 1.52. The number of benzene rings is 1. The topological polar surface area (TPSA) is 75.6 Å². The summed E-state index contributed by atoms with van der Waals surface area (Å²) < 4.78 is 31.4. The van der Waals surface area contributed by atoms with Gasteiger partial charge in [0.05, 0.1) is 11.3 Å². The van der Waals surface area contributed by atoms with E-state index in [-0.39, 0.29) is 0 Å². The molecule has 0 aliphatic carbocycles. The molecule has 0 heterocycles. The molecule has 0 bridgehead atoms. The van der Waals surface area contributed by atoms with Crippen LogP contribution in [0.3, 0.4) is 0 Å². The second kappa shape index (κ2) is 5.21. The molecule has 1 amide bonds. The van der Waals surface area contributed by atoms with Crippen LogP contribution in [0.25, 0.3) is 0 Å². The van der Waals surface area contributed by atoms with E-state index in [4.69, 9.17) is 9.84 Å². The third kappa shape index (κ3) is 3.90. The standard InChI is InChI=1S/C12H13F2NO4/c1-12(2,3)19-11(18)15-9-6(10(16)17)4-5-7(13)8(9)14/h4-5H,1-3H3,(H,15,18)(H,16,17). The number of carbonyl (C=O) groups is 2. The number of amides is 1. The van der Waals surface area contributed by atoms with Crippen molar-refractivity contribution < 1.29 is 28.2 Å². The molecule has 0 aliphatic heterocycles. The summed E-state index contributed by atoms with van der Waals surface area (Å²) in [5.74, 6) is -4.22. The monoisotopic (exact) mass is 273 g/mol. The van der Waals surface area contributed by atoms with Crippen LogP contribution in [0.15, 0.2) is 12.1 Å². The average molecular weight is 273 g/mol. The van der Waals surface area contributed by atoms with Crippen LogP contribution in [-0.2, 0) is 4.74 Å². The fraction of sp³-hybridized carbons (Fsp3) is 0.333. The van der Waals surface area contributed by atoms with E-state index in [0.717, 1.165) is 6.07 Å². The maximum Gasteiger partial charge on any atom is 0.412 e. The number of ether oxygens (including phenoxy) is 1. The highest BCUT2D eigenvalue weighted by Crippen LogP contribution is 2.23. The van der Waals surface area contributed by atoms with Crippen LogP contribution >= 0.6 is 0 Å². The van der Waals surface area contributed by atoms with Gasteiger partial charge in [-0.2, -0.15) is 0 Å². The maximum absolute atomic E-state index is 13.5. The van der Waals surface area contributed by atoms with Crippen LogP contribution in [0, 0.1) is 11.6 Å². The summed E-state index contributed by atoms with van der Waals surface area (Å²) in [6.07, 6.45) is -1.07. The number of carboxylic acids is 1. The van der Waals surface area contributed by atoms with Gasteiger partial charge in [-0.25, -0.2) is 18.4 Å². The van der Waals surface area contributed by atoms with E-state index in [1.807, 2.05) is 5.32 Å². The highest BCUT2D eigenvalue weighted by atomic mass is 19.2. The lowest BCUT2D eigenvalue weighted by molar-refractivity contribution is 0.0635. The Balaban J connectivity index is 3.09. The Morgan fingerprint density at radius 1 is 1.26 bits per heavy atom. The summed E-state index contributed by atoms with van der Waals surface area (Å²) in [5.41, 5.74) is -2.18. The van der Waals surface area contributed by atoms with Crippen molar-refractivity contribution >= 4 is 17.7 Å². The van der Waals surface area contributed by atoms with Gasteiger partial charge in [-0.05, 0) is 32.9 Å². The highest BCUT2D eigenvalue weighted by Gasteiger charge is 2.23. The Kier molecular flexibility index (Phi) is 4.08. The molecule has 0 aromatic heterocycles. The minimum atomic E-state index is -1.50. The lowest BCUT2D eigenvalue weighted by atomic mass is 10.1. The van der Waals surface area contributed by atoms with E-state index in [1.165, 1.54) is 0 Å². The molecular weight excluding hydrogens is 260 g/mol.